The van der Waals surface area contributed by atoms with E-state index in [9.17, 15) is 10.1 Å². The molecular formula is C21H18N2O3. The molecule has 1 aromatic heterocycles. The Kier molecular flexibility index (Phi) is 5.04. The maximum absolute atomic E-state index is 12.1. The Morgan fingerprint density at radius 3 is 2.54 bits per heavy atom. The zero-order valence-corrected chi connectivity index (χ0v) is 14.6. The number of aromatic amines is 1. The Labute approximate surface area is 151 Å². The average molecular weight is 346 g/mol. The fourth-order valence-electron chi connectivity index (χ4n) is 2.74. The predicted octanol–water partition coefficient (Wildman–Crippen LogP) is 3.81. The Balaban J connectivity index is 2.02. The van der Waals surface area contributed by atoms with Crippen molar-refractivity contribution in [2.45, 2.75) is 13.5 Å². The van der Waals surface area contributed by atoms with E-state index in [1.807, 2.05) is 36.4 Å². The molecule has 0 spiro atoms. The van der Waals surface area contributed by atoms with Crippen LogP contribution in [0, 0.1) is 18.3 Å². The lowest BCUT2D eigenvalue weighted by molar-refractivity contribution is 0.305. The van der Waals surface area contributed by atoms with Crippen molar-refractivity contribution in [2.24, 2.45) is 0 Å². The van der Waals surface area contributed by atoms with Crippen molar-refractivity contribution in [1.29, 1.82) is 5.26 Å². The minimum atomic E-state index is -0.417. The van der Waals surface area contributed by atoms with Gasteiger partial charge in [0.15, 0.2) is 0 Å². The molecular weight excluding hydrogens is 328 g/mol. The fraction of sp³-hybridized carbons (Fsp3) is 0.143. The number of benzene rings is 2. The molecule has 3 aromatic rings. The van der Waals surface area contributed by atoms with E-state index in [2.05, 4.69) is 4.98 Å². The van der Waals surface area contributed by atoms with E-state index in [4.69, 9.17) is 9.47 Å². The number of hydrogen-bond acceptors (Lipinski definition) is 4. The van der Waals surface area contributed by atoms with Gasteiger partial charge in [0.05, 0.1) is 7.11 Å². The molecule has 0 atom stereocenters. The first kappa shape index (κ1) is 17.3. The van der Waals surface area contributed by atoms with Gasteiger partial charge in [0.25, 0.3) is 5.56 Å². The highest BCUT2D eigenvalue weighted by molar-refractivity contribution is 5.76. The normalized spacial score (nSPS) is 10.2. The SMILES string of the molecule is COc1ccc(OCc2ccccc2)cc1-c1cc(C)[nH]c(=O)c1C#N. The van der Waals surface area contributed by atoms with E-state index in [1.165, 1.54) is 0 Å². The summed E-state index contributed by atoms with van der Waals surface area (Å²) in [6.45, 7) is 2.19. The maximum Gasteiger partial charge on any atom is 0.266 e. The standard InChI is InChI=1S/C21H18N2O3/c1-14-10-17(19(12-22)21(24)23-14)18-11-16(8-9-20(18)25-2)26-13-15-6-4-3-5-7-15/h3-11H,13H2,1-2H3,(H,23,24). The lowest BCUT2D eigenvalue weighted by Gasteiger charge is -2.13. The molecule has 0 aliphatic rings. The van der Waals surface area contributed by atoms with Crippen LogP contribution in [-0.2, 0) is 6.61 Å². The smallest absolute Gasteiger partial charge is 0.266 e. The third kappa shape index (κ3) is 3.60. The monoisotopic (exact) mass is 346 g/mol. The summed E-state index contributed by atoms with van der Waals surface area (Å²) in [5.74, 6) is 1.20. The molecule has 0 radical (unpaired) electrons. The second-order valence-corrected chi connectivity index (χ2v) is 5.82. The molecule has 5 nitrogen and oxygen atoms in total. The van der Waals surface area contributed by atoms with Gasteiger partial charge in [-0.2, -0.15) is 5.26 Å². The lowest BCUT2D eigenvalue weighted by atomic mass is 10.00. The molecule has 1 heterocycles. The lowest BCUT2D eigenvalue weighted by Crippen LogP contribution is -2.13. The van der Waals surface area contributed by atoms with Crippen molar-refractivity contribution in [3.05, 3.63) is 81.8 Å². The first-order chi connectivity index (χ1) is 12.6. The summed E-state index contributed by atoms with van der Waals surface area (Å²) >= 11 is 0. The molecule has 0 saturated carbocycles. The highest BCUT2D eigenvalue weighted by atomic mass is 16.5. The summed E-state index contributed by atoms with van der Waals surface area (Å²) in [5.41, 5.74) is 2.52. The van der Waals surface area contributed by atoms with E-state index in [1.54, 1.807) is 38.3 Å². The van der Waals surface area contributed by atoms with Crippen LogP contribution in [0.25, 0.3) is 11.1 Å². The number of aryl methyl sites for hydroxylation is 1. The van der Waals surface area contributed by atoms with Gasteiger partial charge in [-0.3, -0.25) is 4.79 Å². The van der Waals surface area contributed by atoms with Gasteiger partial charge in [0.1, 0.15) is 29.7 Å². The van der Waals surface area contributed by atoms with E-state index in [0.29, 0.717) is 34.9 Å². The number of ether oxygens (including phenoxy) is 2. The zero-order valence-electron chi connectivity index (χ0n) is 14.6. The van der Waals surface area contributed by atoms with Crippen molar-refractivity contribution >= 4 is 0 Å². The van der Waals surface area contributed by atoms with Crippen molar-refractivity contribution in [3.63, 3.8) is 0 Å². The van der Waals surface area contributed by atoms with Crippen LogP contribution in [0.15, 0.2) is 59.4 Å². The molecule has 0 saturated heterocycles. The summed E-state index contributed by atoms with van der Waals surface area (Å²) in [6, 6.07) is 18.9. The first-order valence-electron chi connectivity index (χ1n) is 8.11. The molecule has 0 aliphatic carbocycles. The summed E-state index contributed by atoms with van der Waals surface area (Å²) in [4.78, 5) is 14.8. The van der Waals surface area contributed by atoms with Gasteiger partial charge in [-0.15, -0.1) is 0 Å². The highest BCUT2D eigenvalue weighted by Crippen LogP contribution is 2.34. The van der Waals surface area contributed by atoms with Gasteiger partial charge in [0, 0.05) is 16.8 Å². The predicted molar refractivity (Wildman–Crippen MR) is 99.3 cm³/mol. The molecule has 2 aromatic carbocycles. The van der Waals surface area contributed by atoms with Gasteiger partial charge in [-0.1, -0.05) is 30.3 Å². The molecule has 130 valence electrons. The van der Waals surface area contributed by atoms with E-state index < -0.39 is 5.56 Å². The fourth-order valence-corrected chi connectivity index (χ4v) is 2.74. The molecule has 5 heteroatoms. The number of nitriles is 1. The quantitative estimate of drug-likeness (QED) is 0.762. The number of rotatable bonds is 5. The summed E-state index contributed by atoms with van der Waals surface area (Å²) in [6.07, 6.45) is 0. The molecule has 0 unspecified atom stereocenters. The van der Waals surface area contributed by atoms with Crippen LogP contribution < -0.4 is 15.0 Å². The van der Waals surface area contributed by atoms with Gasteiger partial charge in [-0.05, 0) is 36.8 Å². The molecule has 1 N–H and O–H groups in total. The molecule has 26 heavy (non-hydrogen) atoms. The van der Waals surface area contributed by atoms with Crippen molar-refractivity contribution in [3.8, 4) is 28.7 Å². The van der Waals surface area contributed by atoms with Crippen molar-refractivity contribution in [2.75, 3.05) is 7.11 Å². The second-order valence-electron chi connectivity index (χ2n) is 5.82. The summed E-state index contributed by atoms with van der Waals surface area (Å²) < 4.78 is 11.3. The molecule has 0 amide bonds. The minimum Gasteiger partial charge on any atom is -0.496 e. The van der Waals surface area contributed by atoms with Crippen LogP contribution in [0.4, 0.5) is 0 Å². The van der Waals surface area contributed by atoms with Crippen LogP contribution in [0.2, 0.25) is 0 Å². The molecule has 3 rings (SSSR count). The van der Waals surface area contributed by atoms with Crippen LogP contribution in [0.1, 0.15) is 16.8 Å². The van der Waals surface area contributed by atoms with E-state index >= 15 is 0 Å². The Bertz CT molecular complexity index is 1020. The van der Waals surface area contributed by atoms with Crippen molar-refractivity contribution in [1.82, 2.24) is 4.98 Å². The number of H-pyrrole nitrogens is 1. The zero-order chi connectivity index (χ0) is 18.5. The molecule has 0 aliphatic heterocycles. The van der Waals surface area contributed by atoms with Gasteiger partial charge < -0.3 is 14.5 Å². The van der Waals surface area contributed by atoms with E-state index in [0.717, 1.165) is 5.56 Å². The number of pyridine rings is 1. The van der Waals surface area contributed by atoms with Crippen LogP contribution in [0.3, 0.4) is 0 Å². The third-order valence-corrected chi connectivity index (χ3v) is 3.99. The summed E-state index contributed by atoms with van der Waals surface area (Å²) in [7, 11) is 1.55. The number of aromatic nitrogens is 1. The Morgan fingerprint density at radius 2 is 1.85 bits per heavy atom. The van der Waals surface area contributed by atoms with Crippen molar-refractivity contribution < 1.29 is 9.47 Å². The van der Waals surface area contributed by atoms with Crippen LogP contribution >= 0.6 is 0 Å². The highest BCUT2D eigenvalue weighted by Gasteiger charge is 2.15. The molecule has 0 bridgehead atoms. The average Bonchev–Trinajstić information content (AvgIpc) is 2.66. The number of methoxy groups -OCH3 is 1. The first-order valence-corrected chi connectivity index (χ1v) is 8.11. The van der Waals surface area contributed by atoms with Gasteiger partial charge >= 0.3 is 0 Å². The van der Waals surface area contributed by atoms with Crippen LogP contribution in [-0.4, -0.2) is 12.1 Å². The molecule has 0 fully saturated rings. The van der Waals surface area contributed by atoms with Gasteiger partial charge in [-0.25, -0.2) is 0 Å². The Morgan fingerprint density at radius 1 is 1.08 bits per heavy atom. The summed E-state index contributed by atoms with van der Waals surface area (Å²) in [5, 5.41) is 9.39. The van der Waals surface area contributed by atoms with Gasteiger partial charge in [0.2, 0.25) is 0 Å². The topological polar surface area (TPSA) is 75.1 Å². The van der Waals surface area contributed by atoms with Crippen LogP contribution in [0.5, 0.6) is 11.5 Å². The second kappa shape index (κ2) is 7.58. The Hall–Kier alpha value is -3.52. The maximum atomic E-state index is 12.1. The largest absolute Gasteiger partial charge is 0.496 e. The number of hydrogen-bond donors (Lipinski definition) is 1. The third-order valence-electron chi connectivity index (χ3n) is 3.99. The van der Waals surface area contributed by atoms with E-state index in [-0.39, 0.29) is 5.56 Å². The minimum absolute atomic E-state index is 0.0501. The number of nitrogens with zero attached hydrogens (tertiary/aromatic N) is 1. The number of nitrogens with one attached hydrogen (secondary N) is 1.